The summed E-state index contributed by atoms with van der Waals surface area (Å²) in [6.07, 6.45) is 3.17. The maximum atomic E-state index is 5.92. The Hall–Kier alpha value is -2.89. The third-order valence-corrected chi connectivity index (χ3v) is 3.34. The fourth-order valence-corrected chi connectivity index (χ4v) is 2.38. The second kappa shape index (κ2) is 4.59. The fourth-order valence-electron chi connectivity index (χ4n) is 2.38. The molecule has 0 spiro atoms. The van der Waals surface area contributed by atoms with Gasteiger partial charge in [-0.3, -0.25) is 0 Å². The van der Waals surface area contributed by atoms with Crippen molar-refractivity contribution < 1.29 is 18.4 Å². The summed E-state index contributed by atoms with van der Waals surface area (Å²) in [6, 6.07) is 7.44. The average molecular weight is 284 g/mol. The van der Waals surface area contributed by atoms with Crippen molar-refractivity contribution in [3.8, 4) is 33.9 Å². The Kier molecular flexibility index (Phi) is 2.60. The zero-order chi connectivity index (χ0) is 14.2. The molecule has 4 rings (SSSR count). The molecule has 2 N–H and O–H groups in total. The summed E-state index contributed by atoms with van der Waals surface area (Å²) in [6.45, 7) is 1.09. The standard InChI is InChI=1S/C15H12N2O4/c16-15-13(14(17-21-15)10-3-4-18-8-10)9-1-2-11-12(7-9)20-6-5-19-11/h1-4,7-8H,5-6,16H2. The highest BCUT2D eigenvalue weighted by molar-refractivity contribution is 5.87. The third kappa shape index (κ3) is 1.92. The van der Waals surface area contributed by atoms with Crippen molar-refractivity contribution in [3.05, 3.63) is 36.8 Å². The smallest absolute Gasteiger partial charge is 0.230 e. The zero-order valence-electron chi connectivity index (χ0n) is 11.0. The normalized spacial score (nSPS) is 13.3. The van der Waals surface area contributed by atoms with Crippen LogP contribution in [0.2, 0.25) is 0 Å². The Balaban J connectivity index is 1.85. The molecule has 0 saturated heterocycles. The average Bonchev–Trinajstić information content (AvgIpc) is 3.16. The van der Waals surface area contributed by atoms with E-state index in [-0.39, 0.29) is 5.88 Å². The Morgan fingerprint density at radius 3 is 2.67 bits per heavy atom. The number of furan rings is 1. The van der Waals surface area contributed by atoms with Crippen molar-refractivity contribution in [2.24, 2.45) is 0 Å². The predicted octanol–water partition coefficient (Wildman–Crippen LogP) is 2.96. The van der Waals surface area contributed by atoms with Gasteiger partial charge >= 0.3 is 0 Å². The molecule has 3 heterocycles. The van der Waals surface area contributed by atoms with Crippen LogP contribution >= 0.6 is 0 Å². The summed E-state index contributed by atoms with van der Waals surface area (Å²) in [5, 5.41) is 4.01. The predicted molar refractivity (Wildman–Crippen MR) is 75.0 cm³/mol. The second-order valence-corrected chi connectivity index (χ2v) is 4.64. The monoisotopic (exact) mass is 284 g/mol. The summed E-state index contributed by atoms with van der Waals surface area (Å²) in [5.74, 6) is 1.67. The lowest BCUT2D eigenvalue weighted by Crippen LogP contribution is -2.15. The van der Waals surface area contributed by atoms with E-state index in [4.69, 9.17) is 24.1 Å². The van der Waals surface area contributed by atoms with Crippen LogP contribution in [-0.4, -0.2) is 18.4 Å². The molecule has 0 bridgehead atoms. The van der Waals surface area contributed by atoms with Gasteiger partial charge in [0.15, 0.2) is 11.5 Å². The quantitative estimate of drug-likeness (QED) is 0.778. The number of ether oxygens (including phenoxy) is 2. The van der Waals surface area contributed by atoms with Crippen LogP contribution in [-0.2, 0) is 0 Å². The Morgan fingerprint density at radius 2 is 1.86 bits per heavy atom. The molecule has 0 fully saturated rings. The minimum atomic E-state index is 0.253. The molecule has 3 aromatic rings. The molecule has 2 aromatic heterocycles. The molecule has 0 amide bonds. The number of benzene rings is 1. The van der Waals surface area contributed by atoms with Crippen LogP contribution in [0.5, 0.6) is 11.5 Å². The Bertz CT molecular complexity index is 777. The van der Waals surface area contributed by atoms with Crippen LogP contribution in [0.3, 0.4) is 0 Å². The summed E-state index contributed by atoms with van der Waals surface area (Å²) in [7, 11) is 0. The lowest BCUT2D eigenvalue weighted by molar-refractivity contribution is 0.171. The SMILES string of the molecule is Nc1onc(-c2ccoc2)c1-c1ccc2c(c1)OCCO2. The summed E-state index contributed by atoms with van der Waals surface area (Å²) in [4.78, 5) is 0. The van der Waals surface area contributed by atoms with Crippen LogP contribution in [0.25, 0.3) is 22.4 Å². The molecule has 0 radical (unpaired) electrons. The highest BCUT2D eigenvalue weighted by Crippen LogP contribution is 2.40. The molecule has 0 unspecified atom stereocenters. The van der Waals surface area contributed by atoms with E-state index in [1.165, 1.54) is 0 Å². The van der Waals surface area contributed by atoms with E-state index in [0.29, 0.717) is 30.2 Å². The molecule has 1 aromatic carbocycles. The molecule has 0 saturated carbocycles. The second-order valence-electron chi connectivity index (χ2n) is 4.64. The number of anilines is 1. The van der Waals surface area contributed by atoms with Crippen molar-refractivity contribution in [2.45, 2.75) is 0 Å². The van der Waals surface area contributed by atoms with E-state index in [1.807, 2.05) is 18.2 Å². The molecule has 1 aliphatic heterocycles. The molecule has 21 heavy (non-hydrogen) atoms. The van der Waals surface area contributed by atoms with Gasteiger partial charge in [0, 0.05) is 5.56 Å². The van der Waals surface area contributed by atoms with Gasteiger partial charge in [0.25, 0.3) is 0 Å². The molecule has 6 nitrogen and oxygen atoms in total. The largest absolute Gasteiger partial charge is 0.486 e. The van der Waals surface area contributed by atoms with Gasteiger partial charge in [0.05, 0.1) is 18.1 Å². The topological polar surface area (TPSA) is 83.7 Å². The number of nitrogens with two attached hydrogens (primary N) is 1. The number of hydrogen-bond acceptors (Lipinski definition) is 6. The molecule has 1 aliphatic rings. The van der Waals surface area contributed by atoms with Gasteiger partial charge in [0.1, 0.15) is 18.9 Å². The lowest BCUT2D eigenvalue weighted by Gasteiger charge is -2.18. The van der Waals surface area contributed by atoms with Gasteiger partial charge in [-0.1, -0.05) is 11.2 Å². The number of aromatic nitrogens is 1. The van der Waals surface area contributed by atoms with E-state index in [0.717, 1.165) is 16.9 Å². The Labute approximate surface area is 120 Å². The number of nitrogen functional groups attached to an aromatic ring is 1. The molecule has 106 valence electrons. The molecule has 0 aliphatic carbocycles. The van der Waals surface area contributed by atoms with Gasteiger partial charge in [-0.15, -0.1) is 0 Å². The van der Waals surface area contributed by atoms with Crippen molar-refractivity contribution in [1.82, 2.24) is 5.16 Å². The van der Waals surface area contributed by atoms with Crippen molar-refractivity contribution in [2.75, 3.05) is 18.9 Å². The first-order valence-electron chi connectivity index (χ1n) is 6.50. The number of fused-ring (bicyclic) bond motifs is 1. The van der Waals surface area contributed by atoms with Crippen LogP contribution in [0.15, 0.2) is 45.7 Å². The van der Waals surface area contributed by atoms with Crippen LogP contribution in [0.1, 0.15) is 0 Å². The van der Waals surface area contributed by atoms with Gasteiger partial charge in [-0.05, 0) is 23.8 Å². The van der Waals surface area contributed by atoms with E-state index in [9.17, 15) is 0 Å². The van der Waals surface area contributed by atoms with E-state index in [2.05, 4.69) is 5.16 Å². The first kappa shape index (κ1) is 11.9. The van der Waals surface area contributed by atoms with Gasteiger partial charge in [-0.2, -0.15) is 0 Å². The first-order valence-corrected chi connectivity index (χ1v) is 6.50. The number of nitrogens with zero attached hydrogens (tertiary/aromatic N) is 1. The van der Waals surface area contributed by atoms with Gasteiger partial charge in [-0.25, -0.2) is 0 Å². The van der Waals surface area contributed by atoms with Crippen molar-refractivity contribution in [3.63, 3.8) is 0 Å². The minimum Gasteiger partial charge on any atom is -0.486 e. The first-order chi connectivity index (χ1) is 10.3. The minimum absolute atomic E-state index is 0.253. The summed E-state index contributed by atoms with van der Waals surface area (Å²) in [5.41, 5.74) is 8.94. The molecular weight excluding hydrogens is 272 g/mol. The van der Waals surface area contributed by atoms with E-state index >= 15 is 0 Å². The van der Waals surface area contributed by atoms with Gasteiger partial charge < -0.3 is 24.1 Å². The number of hydrogen-bond donors (Lipinski definition) is 1. The van der Waals surface area contributed by atoms with Gasteiger partial charge in [0.2, 0.25) is 5.88 Å². The highest BCUT2D eigenvalue weighted by atomic mass is 16.6. The number of rotatable bonds is 2. The van der Waals surface area contributed by atoms with Crippen molar-refractivity contribution in [1.29, 1.82) is 0 Å². The molecular formula is C15H12N2O4. The van der Waals surface area contributed by atoms with Crippen LogP contribution in [0, 0.1) is 0 Å². The highest BCUT2D eigenvalue weighted by Gasteiger charge is 2.20. The van der Waals surface area contributed by atoms with Crippen LogP contribution < -0.4 is 15.2 Å². The Morgan fingerprint density at radius 1 is 1.00 bits per heavy atom. The summed E-state index contributed by atoms with van der Waals surface area (Å²) >= 11 is 0. The maximum Gasteiger partial charge on any atom is 0.230 e. The molecule has 6 heteroatoms. The lowest BCUT2D eigenvalue weighted by atomic mass is 10.0. The summed E-state index contributed by atoms with van der Waals surface area (Å²) < 4.78 is 21.3. The fraction of sp³-hybridized carbons (Fsp3) is 0.133. The molecule has 0 atom stereocenters. The van der Waals surface area contributed by atoms with E-state index < -0.39 is 0 Å². The van der Waals surface area contributed by atoms with Crippen molar-refractivity contribution >= 4 is 5.88 Å². The zero-order valence-corrected chi connectivity index (χ0v) is 11.0. The van der Waals surface area contributed by atoms with Crippen LogP contribution in [0.4, 0.5) is 5.88 Å². The van der Waals surface area contributed by atoms with E-state index in [1.54, 1.807) is 18.6 Å². The maximum absolute atomic E-state index is 5.92. The third-order valence-electron chi connectivity index (χ3n) is 3.34.